The Labute approximate surface area is 179 Å². The van der Waals surface area contributed by atoms with Crippen LogP contribution in [-0.2, 0) is 9.47 Å². The van der Waals surface area contributed by atoms with Crippen molar-refractivity contribution in [2.75, 3.05) is 13.2 Å². The van der Waals surface area contributed by atoms with E-state index in [1.54, 1.807) is 48.5 Å². The molecule has 2 aliphatic rings. The summed E-state index contributed by atoms with van der Waals surface area (Å²) < 4.78 is 54.5. The average molecular weight is 424 g/mol. The number of ether oxygens (including phenoxy) is 2. The van der Waals surface area contributed by atoms with E-state index in [9.17, 15) is 13.2 Å². The third-order valence-electron chi connectivity index (χ3n) is 6.27. The molecule has 5 rings (SSSR count). The fourth-order valence-corrected chi connectivity index (χ4v) is 4.26. The van der Waals surface area contributed by atoms with E-state index in [4.69, 9.17) is 9.47 Å². The molecule has 0 amide bonds. The Balaban J connectivity index is 1.38. The Morgan fingerprint density at radius 3 is 2.03 bits per heavy atom. The van der Waals surface area contributed by atoms with Crippen LogP contribution in [0.3, 0.4) is 0 Å². The maximum absolute atomic E-state index is 14.9. The number of halogens is 3. The molecular weight excluding hydrogens is 401 g/mol. The topological polar surface area (TPSA) is 21.8 Å². The first-order valence-electron chi connectivity index (χ1n) is 10.6. The average Bonchev–Trinajstić information content (AvgIpc) is 3.62. The standard InChI is InChI=1S/C26H23F3O2/c1-15-2-3-19(13-30-15)18-8-9-20(23(27)12-18)16-4-6-17(7-5-16)21-10-11-22(24-14-31-24)26(29)25(21)28/h4-12,15,19,24H,2-3,13-14H2,1H3. The molecule has 3 aromatic carbocycles. The van der Waals surface area contributed by atoms with Gasteiger partial charge in [0, 0.05) is 22.6 Å². The smallest absolute Gasteiger partial charge is 0.167 e. The van der Waals surface area contributed by atoms with Gasteiger partial charge in [-0.25, -0.2) is 13.2 Å². The maximum atomic E-state index is 14.9. The Bertz CT molecular complexity index is 1100. The summed E-state index contributed by atoms with van der Waals surface area (Å²) in [6, 6.07) is 15.3. The van der Waals surface area contributed by atoms with Crippen molar-refractivity contribution in [3.63, 3.8) is 0 Å². The molecule has 2 heterocycles. The number of benzene rings is 3. The summed E-state index contributed by atoms with van der Waals surface area (Å²) >= 11 is 0. The minimum absolute atomic E-state index is 0.177. The van der Waals surface area contributed by atoms with Crippen LogP contribution in [0.5, 0.6) is 0 Å². The van der Waals surface area contributed by atoms with Gasteiger partial charge in [0.05, 0.1) is 19.3 Å². The van der Waals surface area contributed by atoms with Gasteiger partial charge in [-0.1, -0.05) is 48.5 Å². The van der Waals surface area contributed by atoms with Gasteiger partial charge in [-0.2, -0.15) is 0 Å². The molecule has 0 bridgehead atoms. The van der Waals surface area contributed by atoms with E-state index in [2.05, 4.69) is 6.92 Å². The summed E-state index contributed by atoms with van der Waals surface area (Å²) in [6.45, 7) is 3.09. The zero-order valence-electron chi connectivity index (χ0n) is 17.2. The van der Waals surface area contributed by atoms with Gasteiger partial charge in [0.2, 0.25) is 0 Å². The van der Waals surface area contributed by atoms with Gasteiger partial charge in [-0.05, 0) is 42.5 Å². The van der Waals surface area contributed by atoms with Gasteiger partial charge < -0.3 is 9.47 Å². The summed E-state index contributed by atoms with van der Waals surface area (Å²) in [5, 5.41) is 0. The molecule has 2 nitrogen and oxygen atoms in total. The molecule has 2 aliphatic heterocycles. The van der Waals surface area contributed by atoms with Crippen LogP contribution in [0, 0.1) is 17.5 Å². The lowest BCUT2D eigenvalue weighted by Crippen LogP contribution is -2.22. The lowest BCUT2D eigenvalue weighted by Gasteiger charge is -2.27. The van der Waals surface area contributed by atoms with E-state index < -0.39 is 11.6 Å². The summed E-state index contributed by atoms with van der Waals surface area (Å²) in [5.41, 5.74) is 3.07. The highest BCUT2D eigenvalue weighted by atomic mass is 19.2. The van der Waals surface area contributed by atoms with Crippen molar-refractivity contribution >= 4 is 0 Å². The van der Waals surface area contributed by atoms with Gasteiger partial charge in [0.25, 0.3) is 0 Å². The lowest BCUT2D eigenvalue weighted by atomic mass is 9.90. The van der Waals surface area contributed by atoms with E-state index in [0.29, 0.717) is 29.9 Å². The molecule has 31 heavy (non-hydrogen) atoms. The first-order valence-corrected chi connectivity index (χ1v) is 10.6. The van der Waals surface area contributed by atoms with Crippen molar-refractivity contribution in [1.29, 1.82) is 0 Å². The van der Waals surface area contributed by atoms with Crippen LogP contribution < -0.4 is 0 Å². The molecule has 3 atom stereocenters. The van der Waals surface area contributed by atoms with Crippen molar-refractivity contribution in [2.24, 2.45) is 0 Å². The van der Waals surface area contributed by atoms with E-state index in [-0.39, 0.29) is 35.1 Å². The zero-order valence-corrected chi connectivity index (χ0v) is 17.2. The normalized spacial score (nSPS) is 23.0. The molecule has 0 N–H and O–H groups in total. The highest BCUT2D eigenvalue weighted by molar-refractivity contribution is 5.71. The SMILES string of the molecule is CC1CCC(c2ccc(-c3ccc(-c4ccc(C5CO5)c(F)c4F)cc3)c(F)c2)CO1. The molecule has 0 radical (unpaired) electrons. The van der Waals surface area contributed by atoms with Gasteiger partial charge in [-0.15, -0.1) is 0 Å². The van der Waals surface area contributed by atoms with Crippen LogP contribution in [0.25, 0.3) is 22.3 Å². The molecule has 3 aromatic rings. The second-order valence-electron chi connectivity index (χ2n) is 8.39. The van der Waals surface area contributed by atoms with Crippen LogP contribution in [0.15, 0.2) is 54.6 Å². The summed E-state index contributed by atoms with van der Waals surface area (Å²) in [4.78, 5) is 0. The van der Waals surface area contributed by atoms with Crippen LogP contribution in [0.1, 0.15) is 42.9 Å². The monoisotopic (exact) mass is 424 g/mol. The number of hydrogen-bond donors (Lipinski definition) is 0. The summed E-state index contributed by atoms with van der Waals surface area (Å²) in [7, 11) is 0. The molecule has 160 valence electrons. The third kappa shape index (κ3) is 4.00. The van der Waals surface area contributed by atoms with Crippen molar-refractivity contribution in [3.05, 3.63) is 83.2 Å². The van der Waals surface area contributed by atoms with Crippen molar-refractivity contribution in [3.8, 4) is 22.3 Å². The zero-order chi connectivity index (χ0) is 21.5. The van der Waals surface area contributed by atoms with Crippen LogP contribution in [0.4, 0.5) is 13.2 Å². The highest BCUT2D eigenvalue weighted by Crippen LogP contribution is 2.36. The molecule has 3 unspecified atom stereocenters. The third-order valence-corrected chi connectivity index (χ3v) is 6.27. The van der Waals surface area contributed by atoms with Crippen LogP contribution in [-0.4, -0.2) is 19.3 Å². The first-order chi connectivity index (χ1) is 15.0. The van der Waals surface area contributed by atoms with Gasteiger partial charge >= 0.3 is 0 Å². The fraction of sp³-hybridized carbons (Fsp3) is 0.308. The molecule has 0 aliphatic carbocycles. The maximum Gasteiger partial charge on any atom is 0.167 e. The van der Waals surface area contributed by atoms with Gasteiger partial charge in [0.15, 0.2) is 11.6 Å². The number of hydrogen-bond acceptors (Lipinski definition) is 2. The quantitative estimate of drug-likeness (QED) is 0.430. The first kappa shape index (κ1) is 20.3. The minimum atomic E-state index is -0.889. The van der Waals surface area contributed by atoms with Crippen LogP contribution >= 0.6 is 0 Å². The highest BCUT2D eigenvalue weighted by Gasteiger charge is 2.30. The number of rotatable bonds is 4. The predicted octanol–water partition coefficient (Wildman–Crippen LogP) is 6.79. The Kier molecular flexibility index (Phi) is 5.32. The Morgan fingerprint density at radius 1 is 0.742 bits per heavy atom. The largest absolute Gasteiger partial charge is 0.378 e. The van der Waals surface area contributed by atoms with Crippen molar-refractivity contribution in [2.45, 2.75) is 37.9 Å². The van der Waals surface area contributed by atoms with Gasteiger partial charge in [0.1, 0.15) is 11.9 Å². The van der Waals surface area contributed by atoms with E-state index in [1.165, 1.54) is 0 Å². The predicted molar refractivity (Wildman–Crippen MR) is 113 cm³/mol. The molecular formula is C26H23F3O2. The Hall–Kier alpha value is -2.63. The molecule has 0 aromatic heterocycles. The second kappa shape index (κ2) is 8.13. The van der Waals surface area contributed by atoms with E-state index in [1.807, 2.05) is 6.07 Å². The summed E-state index contributed by atoms with van der Waals surface area (Å²) in [5.74, 6) is -1.84. The number of epoxide rings is 1. The van der Waals surface area contributed by atoms with Gasteiger partial charge in [-0.3, -0.25) is 0 Å². The van der Waals surface area contributed by atoms with Crippen molar-refractivity contribution < 1.29 is 22.6 Å². The second-order valence-corrected chi connectivity index (χ2v) is 8.39. The van der Waals surface area contributed by atoms with Crippen molar-refractivity contribution in [1.82, 2.24) is 0 Å². The van der Waals surface area contributed by atoms with E-state index >= 15 is 0 Å². The van der Waals surface area contributed by atoms with Crippen LogP contribution in [0.2, 0.25) is 0 Å². The molecule has 2 fully saturated rings. The Morgan fingerprint density at radius 2 is 1.42 bits per heavy atom. The molecule has 2 saturated heterocycles. The minimum Gasteiger partial charge on any atom is -0.378 e. The lowest BCUT2D eigenvalue weighted by molar-refractivity contribution is 0.0154. The molecule has 5 heteroatoms. The molecule has 0 spiro atoms. The van der Waals surface area contributed by atoms with E-state index in [0.717, 1.165) is 18.4 Å². The fourth-order valence-electron chi connectivity index (χ4n) is 4.26. The molecule has 0 saturated carbocycles. The summed E-state index contributed by atoms with van der Waals surface area (Å²) in [6.07, 6.45) is 1.87.